The van der Waals surface area contributed by atoms with Crippen molar-refractivity contribution in [2.75, 3.05) is 18.1 Å². The average molecular weight is 341 g/mol. The van der Waals surface area contributed by atoms with Crippen LogP contribution in [-0.4, -0.2) is 65.4 Å². The first-order valence-corrected chi connectivity index (χ1v) is 9.14. The number of nitrogens with zero attached hydrogens (tertiary/aromatic N) is 3. The molecule has 1 saturated heterocycles. The molecule has 1 aromatic heterocycles. The van der Waals surface area contributed by atoms with E-state index in [2.05, 4.69) is 9.97 Å². The van der Waals surface area contributed by atoms with Crippen LogP contribution >= 0.6 is 0 Å². The van der Waals surface area contributed by atoms with Gasteiger partial charge in [0.1, 0.15) is 0 Å². The number of carbonyl (C=O) groups excluding carboxylic acids is 2. The fourth-order valence-electron chi connectivity index (χ4n) is 2.52. The Balaban J connectivity index is 2.01. The van der Waals surface area contributed by atoms with E-state index in [1.54, 1.807) is 6.92 Å². The zero-order valence-corrected chi connectivity index (χ0v) is 13.8. The minimum absolute atomic E-state index is 0.0126. The maximum absolute atomic E-state index is 12.5. The summed E-state index contributed by atoms with van der Waals surface area (Å²) in [6, 6.07) is -0.366. The van der Waals surface area contributed by atoms with E-state index in [0.717, 1.165) is 0 Å². The molecule has 1 aromatic rings. The first kappa shape index (κ1) is 17.3. The normalized spacial score (nSPS) is 20.7. The molecule has 9 heteroatoms. The van der Waals surface area contributed by atoms with Crippen molar-refractivity contribution in [2.24, 2.45) is 0 Å². The molecule has 2 rings (SSSR count). The standard InChI is InChI=1S/C14H19N3O5S/c1-3-17(11-4-7-23(20,21)9-11)13(18)10(2)22-14(19)12-8-15-5-6-16-12/h5-6,8,10-11H,3-4,7,9H2,1-2H3/t10-,11-/m1/s1. The monoisotopic (exact) mass is 341 g/mol. The van der Waals surface area contributed by atoms with E-state index >= 15 is 0 Å². The van der Waals surface area contributed by atoms with Crippen molar-refractivity contribution in [1.29, 1.82) is 0 Å². The Morgan fingerprint density at radius 3 is 2.70 bits per heavy atom. The van der Waals surface area contributed by atoms with Gasteiger partial charge in [-0.15, -0.1) is 0 Å². The Kier molecular flexibility index (Phi) is 5.30. The van der Waals surface area contributed by atoms with E-state index in [-0.39, 0.29) is 23.2 Å². The second-order valence-electron chi connectivity index (χ2n) is 5.32. The van der Waals surface area contributed by atoms with Crippen LogP contribution in [0.1, 0.15) is 30.8 Å². The van der Waals surface area contributed by atoms with Crippen LogP contribution in [0.4, 0.5) is 0 Å². The Bertz CT molecular complexity index is 677. The van der Waals surface area contributed by atoms with Crippen LogP contribution in [0.15, 0.2) is 18.6 Å². The van der Waals surface area contributed by atoms with Gasteiger partial charge in [0.15, 0.2) is 21.6 Å². The van der Waals surface area contributed by atoms with Crippen LogP contribution < -0.4 is 0 Å². The van der Waals surface area contributed by atoms with E-state index in [9.17, 15) is 18.0 Å². The minimum atomic E-state index is -3.10. The van der Waals surface area contributed by atoms with Crippen molar-refractivity contribution in [1.82, 2.24) is 14.9 Å². The van der Waals surface area contributed by atoms with Crippen molar-refractivity contribution in [3.8, 4) is 0 Å². The van der Waals surface area contributed by atoms with Crippen LogP contribution in [-0.2, 0) is 19.4 Å². The van der Waals surface area contributed by atoms with Crippen LogP contribution in [0.25, 0.3) is 0 Å². The van der Waals surface area contributed by atoms with Crippen LogP contribution in [0.5, 0.6) is 0 Å². The van der Waals surface area contributed by atoms with Gasteiger partial charge < -0.3 is 9.64 Å². The predicted molar refractivity (Wildman–Crippen MR) is 81.4 cm³/mol. The van der Waals surface area contributed by atoms with Crippen molar-refractivity contribution < 1.29 is 22.7 Å². The third-order valence-corrected chi connectivity index (χ3v) is 5.43. The molecule has 23 heavy (non-hydrogen) atoms. The lowest BCUT2D eigenvalue weighted by atomic mass is 10.2. The molecule has 8 nitrogen and oxygen atoms in total. The summed E-state index contributed by atoms with van der Waals surface area (Å²) in [6.07, 6.45) is 3.41. The average Bonchev–Trinajstić information content (AvgIpc) is 2.88. The lowest BCUT2D eigenvalue weighted by Gasteiger charge is -2.29. The summed E-state index contributed by atoms with van der Waals surface area (Å²) in [7, 11) is -3.10. The molecule has 0 aliphatic carbocycles. The zero-order valence-electron chi connectivity index (χ0n) is 13.0. The molecule has 1 aliphatic rings. The highest BCUT2D eigenvalue weighted by atomic mass is 32.2. The number of ether oxygens (including phenoxy) is 1. The summed E-state index contributed by atoms with van der Waals surface area (Å²) < 4.78 is 28.3. The van der Waals surface area contributed by atoms with Gasteiger partial charge in [0.2, 0.25) is 0 Å². The van der Waals surface area contributed by atoms with Crippen molar-refractivity contribution in [2.45, 2.75) is 32.4 Å². The number of rotatable bonds is 5. The van der Waals surface area contributed by atoms with Crippen molar-refractivity contribution >= 4 is 21.7 Å². The van der Waals surface area contributed by atoms with Gasteiger partial charge >= 0.3 is 5.97 Å². The number of esters is 1. The molecule has 0 N–H and O–H groups in total. The van der Waals surface area contributed by atoms with Gasteiger partial charge in [-0.05, 0) is 20.3 Å². The van der Waals surface area contributed by atoms with Gasteiger partial charge in [-0.25, -0.2) is 18.2 Å². The molecule has 0 saturated carbocycles. The lowest BCUT2D eigenvalue weighted by Crippen LogP contribution is -2.46. The molecular formula is C14H19N3O5S. The Morgan fingerprint density at radius 1 is 1.43 bits per heavy atom. The van der Waals surface area contributed by atoms with E-state index in [1.807, 2.05) is 0 Å². The van der Waals surface area contributed by atoms with Crippen LogP contribution in [0.3, 0.4) is 0 Å². The van der Waals surface area contributed by atoms with Crippen molar-refractivity contribution in [3.05, 3.63) is 24.3 Å². The number of hydrogen-bond donors (Lipinski definition) is 0. The van der Waals surface area contributed by atoms with Crippen LogP contribution in [0, 0.1) is 0 Å². The highest BCUT2D eigenvalue weighted by molar-refractivity contribution is 7.91. The largest absolute Gasteiger partial charge is 0.448 e. The molecule has 0 unspecified atom stereocenters. The Hall–Kier alpha value is -2.03. The second-order valence-corrected chi connectivity index (χ2v) is 7.55. The highest BCUT2D eigenvalue weighted by Crippen LogP contribution is 2.19. The van der Waals surface area contributed by atoms with Gasteiger partial charge in [0.05, 0.1) is 17.7 Å². The topological polar surface area (TPSA) is 107 Å². The number of aromatic nitrogens is 2. The molecule has 1 fully saturated rings. The van der Waals surface area contributed by atoms with E-state index in [4.69, 9.17) is 4.74 Å². The molecule has 1 aliphatic heterocycles. The van der Waals surface area contributed by atoms with Crippen molar-refractivity contribution in [3.63, 3.8) is 0 Å². The summed E-state index contributed by atoms with van der Waals surface area (Å²) in [6.45, 7) is 3.58. The summed E-state index contributed by atoms with van der Waals surface area (Å²) in [4.78, 5) is 33.4. The quantitative estimate of drug-likeness (QED) is 0.697. The van der Waals surface area contributed by atoms with Gasteiger partial charge in [0.25, 0.3) is 5.91 Å². The minimum Gasteiger partial charge on any atom is -0.448 e. The molecule has 0 radical (unpaired) electrons. The zero-order chi connectivity index (χ0) is 17.0. The number of sulfone groups is 1. The number of hydrogen-bond acceptors (Lipinski definition) is 7. The van der Waals surface area contributed by atoms with E-state index in [0.29, 0.717) is 13.0 Å². The smallest absolute Gasteiger partial charge is 0.359 e. The molecule has 0 aromatic carbocycles. The SMILES string of the molecule is CCN(C(=O)[C@@H](C)OC(=O)c1cnccn1)[C@@H]1CCS(=O)(=O)C1. The summed E-state index contributed by atoms with van der Waals surface area (Å²) >= 11 is 0. The van der Waals surface area contributed by atoms with Gasteiger partial charge in [-0.2, -0.15) is 0 Å². The fourth-order valence-corrected chi connectivity index (χ4v) is 4.26. The summed E-state index contributed by atoms with van der Waals surface area (Å²) in [5, 5.41) is 0. The molecule has 0 spiro atoms. The number of likely N-dealkylation sites (N-methyl/N-ethyl adjacent to an activating group) is 1. The lowest BCUT2D eigenvalue weighted by molar-refractivity contribution is -0.141. The Morgan fingerprint density at radius 2 is 2.17 bits per heavy atom. The fraction of sp³-hybridized carbons (Fsp3) is 0.571. The Labute approximate surface area is 134 Å². The molecule has 1 amide bonds. The molecule has 0 bridgehead atoms. The molecule has 2 atom stereocenters. The predicted octanol–water partition coefficient (Wildman–Crippen LogP) is 0.0575. The molecule has 126 valence electrons. The third kappa shape index (κ3) is 4.25. The van der Waals surface area contributed by atoms with E-state index in [1.165, 1.54) is 30.4 Å². The van der Waals surface area contributed by atoms with Crippen LogP contribution in [0.2, 0.25) is 0 Å². The first-order valence-electron chi connectivity index (χ1n) is 7.32. The number of amides is 1. The maximum Gasteiger partial charge on any atom is 0.359 e. The summed E-state index contributed by atoms with van der Waals surface area (Å²) in [5.74, 6) is -1.12. The summed E-state index contributed by atoms with van der Waals surface area (Å²) in [5.41, 5.74) is 0.0126. The maximum atomic E-state index is 12.5. The third-order valence-electron chi connectivity index (χ3n) is 3.68. The molecule has 2 heterocycles. The highest BCUT2D eigenvalue weighted by Gasteiger charge is 2.36. The number of carbonyl (C=O) groups is 2. The van der Waals surface area contributed by atoms with Gasteiger partial charge in [-0.1, -0.05) is 0 Å². The van der Waals surface area contributed by atoms with Gasteiger partial charge in [0, 0.05) is 25.0 Å². The first-order chi connectivity index (χ1) is 10.8. The van der Waals surface area contributed by atoms with E-state index < -0.39 is 27.8 Å². The van der Waals surface area contributed by atoms with Gasteiger partial charge in [-0.3, -0.25) is 9.78 Å². The second kappa shape index (κ2) is 7.03. The molecular weight excluding hydrogens is 322 g/mol.